The second kappa shape index (κ2) is 7.95. The fourth-order valence-corrected chi connectivity index (χ4v) is 3.74. The SMILES string of the molecule is CCNC(CN1CCCCC1CC)c1cc(C)cc(C)c1. The van der Waals surface area contributed by atoms with Crippen LogP contribution in [0.1, 0.15) is 62.3 Å². The first-order chi connectivity index (χ1) is 10.1. The highest BCUT2D eigenvalue weighted by Crippen LogP contribution is 2.24. The van der Waals surface area contributed by atoms with E-state index in [-0.39, 0.29) is 0 Å². The van der Waals surface area contributed by atoms with E-state index >= 15 is 0 Å². The molecule has 1 heterocycles. The van der Waals surface area contributed by atoms with E-state index in [0.717, 1.165) is 19.1 Å². The number of likely N-dealkylation sites (N-methyl/N-ethyl adjacent to an activating group) is 1. The van der Waals surface area contributed by atoms with Crippen LogP contribution in [0.25, 0.3) is 0 Å². The first-order valence-corrected chi connectivity index (χ1v) is 8.69. The molecule has 1 saturated heterocycles. The second-order valence-corrected chi connectivity index (χ2v) is 6.58. The number of benzene rings is 1. The molecule has 0 amide bonds. The van der Waals surface area contributed by atoms with Gasteiger partial charge in [0.2, 0.25) is 0 Å². The van der Waals surface area contributed by atoms with E-state index < -0.39 is 0 Å². The lowest BCUT2D eigenvalue weighted by atomic mass is 9.96. The largest absolute Gasteiger partial charge is 0.309 e. The molecule has 2 rings (SSSR count). The van der Waals surface area contributed by atoms with Gasteiger partial charge in [0.05, 0.1) is 0 Å². The zero-order chi connectivity index (χ0) is 15.2. The molecule has 1 fully saturated rings. The first-order valence-electron chi connectivity index (χ1n) is 8.69. The fourth-order valence-electron chi connectivity index (χ4n) is 3.74. The smallest absolute Gasteiger partial charge is 0.0449 e. The summed E-state index contributed by atoms with van der Waals surface area (Å²) in [5.41, 5.74) is 4.20. The molecule has 0 spiro atoms. The van der Waals surface area contributed by atoms with E-state index in [0.29, 0.717) is 6.04 Å². The maximum absolute atomic E-state index is 3.70. The van der Waals surface area contributed by atoms with Crippen LogP contribution in [0, 0.1) is 13.8 Å². The van der Waals surface area contributed by atoms with Gasteiger partial charge >= 0.3 is 0 Å². The Kier molecular flexibility index (Phi) is 6.25. The summed E-state index contributed by atoms with van der Waals surface area (Å²) < 4.78 is 0. The molecule has 1 N–H and O–H groups in total. The van der Waals surface area contributed by atoms with E-state index in [2.05, 4.69) is 56.1 Å². The van der Waals surface area contributed by atoms with Gasteiger partial charge in [-0.05, 0) is 51.8 Å². The van der Waals surface area contributed by atoms with Crippen LogP contribution in [0.5, 0.6) is 0 Å². The Morgan fingerprint density at radius 1 is 1.14 bits per heavy atom. The topological polar surface area (TPSA) is 15.3 Å². The van der Waals surface area contributed by atoms with Crippen LogP contribution in [-0.4, -0.2) is 30.6 Å². The molecule has 1 aliphatic heterocycles. The Balaban J connectivity index is 2.14. The van der Waals surface area contributed by atoms with Crippen molar-refractivity contribution in [1.29, 1.82) is 0 Å². The van der Waals surface area contributed by atoms with Gasteiger partial charge in [-0.1, -0.05) is 49.6 Å². The van der Waals surface area contributed by atoms with Crippen LogP contribution < -0.4 is 5.32 Å². The predicted molar refractivity (Wildman–Crippen MR) is 91.8 cm³/mol. The quantitative estimate of drug-likeness (QED) is 0.843. The highest BCUT2D eigenvalue weighted by Gasteiger charge is 2.24. The summed E-state index contributed by atoms with van der Waals surface area (Å²) >= 11 is 0. The van der Waals surface area contributed by atoms with Gasteiger partial charge in [-0.15, -0.1) is 0 Å². The maximum Gasteiger partial charge on any atom is 0.0449 e. The van der Waals surface area contributed by atoms with E-state index in [1.165, 1.54) is 48.9 Å². The van der Waals surface area contributed by atoms with Gasteiger partial charge in [0.15, 0.2) is 0 Å². The van der Waals surface area contributed by atoms with Gasteiger partial charge in [0.1, 0.15) is 0 Å². The maximum atomic E-state index is 3.70. The molecular weight excluding hydrogens is 256 g/mol. The lowest BCUT2D eigenvalue weighted by Gasteiger charge is -2.38. The summed E-state index contributed by atoms with van der Waals surface area (Å²) in [5, 5.41) is 3.70. The van der Waals surface area contributed by atoms with Gasteiger partial charge in [-0.3, -0.25) is 4.90 Å². The van der Waals surface area contributed by atoms with Crippen molar-refractivity contribution in [1.82, 2.24) is 10.2 Å². The van der Waals surface area contributed by atoms with E-state index in [1.54, 1.807) is 0 Å². The normalized spacial score (nSPS) is 21.4. The van der Waals surface area contributed by atoms with Crippen LogP contribution >= 0.6 is 0 Å². The zero-order valence-electron chi connectivity index (χ0n) is 14.3. The van der Waals surface area contributed by atoms with Crippen molar-refractivity contribution >= 4 is 0 Å². The van der Waals surface area contributed by atoms with Gasteiger partial charge < -0.3 is 5.32 Å². The minimum Gasteiger partial charge on any atom is -0.309 e. The lowest BCUT2D eigenvalue weighted by Crippen LogP contribution is -2.44. The van der Waals surface area contributed by atoms with Crippen molar-refractivity contribution in [2.45, 2.75) is 65.5 Å². The monoisotopic (exact) mass is 288 g/mol. The Hall–Kier alpha value is -0.860. The number of nitrogens with one attached hydrogen (secondary N) is 1. The molecule has 0 bridgehead atoms. The highest BCUT2D eigenvalue weighted by atomic mass is 15.2. The highest BCUT2D eigenvalue weighted by molar-refractivity contribution is 5.31. The first kappa shape index (κ1) is 16.5. The standard InChI is InChI=1S/C19H32N2/c1-5-18-9-7-8-10-21(18)14-19(20-6-2)17-12-15(3)11-16(4)13-17/h11-13,18-20H,5-10,14H2,1-4H3. The van der Waals surface area contributed by atoms with Gasteiger partial charge in [0, 0.05) is 18.6 Å². The third kappa shape index (κ3) is 4.55. The number of likely N-dealkylation sites (tertiary alicyclic amines) is 1. The number of nitrogens with zero attached hydrogens (tertiary/aromatic N) is 1. The van der Waals surface area contributed by atoms with Crippen LogP contribution in [0.3, 0.4) is 0 Å². The molecule has 0 saturated carbocycles. The number of aryl methyl sites for hydroxylation is 2. The van der Waals surface area contributed by atoms with Crippen molar-refractivity contribution in [3.63, 3.8) is 0 Å². The average Bonchev–Trinajstić information content (AvgIpc) is 2.46. The molecule has 2 unspecified atom stereocenters. The molecule has 1 aromatic rings. The molecule has 1 aliphatic rings. The molecule has 0 aliphatic carbocycles. The van der Waals surface area contributed by atoms with Crippen molar-refractivity contribution in [2.24, 2.45) is 0 Å². The van der Waals surface area contributed by atoms with E-state index in [1.807, 2.05) is 0 Å². The summed E-state index contributed by atoms with van der Waals surface area (Å²) in [5.74, 6) is 0. The Labute approximate surface area is 130 Å². The van der Waals surface area contributed by atoms with Crippen LogP contribution in [0.2, 0.25) is 0 Å². The molecule has 0 aromatic heterocycles. The average molecular weight is 288 g/mol. The summed E-state index contributed by atoms with van der Waals surface area (Å²) in [6.07, 6.45) is 5.43. The van der Waals surface area contributed by atoms with Gasteiger partial charge in [0.25, 0.3) is 0 Å². The molecule has 0 radical (unpaired) electrons. The fraction of sp³-hybridized carbons (Fsp3) is 0.684. The molecule has 2 nitrogen and oxygen atoms in total. The predicted octanol–water partition coefficient (Wildman–Crippen LogP) is 4.22. The summed E-state index contributed by atoms with van der Waals surface area (Å²) in [4.78, 5) is 2.72. The number of hydrogen-bond donors (Lipinski definition) is 1. The van der Waals surface area contributed by atoms with Crippen LogP contribution in [-0.2, 0) is 0 Å². The molecular formula is C19H32N2. The van der Waals surface area contributed by atoms with Crippen LogP contribution in [0.15, 0.2) is 18.2 Å². The number of piperidine rings is 1. The van der Waals surface area contributed by atoms with Gasteiger partial charge in [-0.2, -0.15) is 0 Å². The third-order valence-electron chi connectivity index (χ3n) is 4.73. The van der Waals surface area contributed by atoms with Gasteiger partial charge in [-0.25, -0.2) is 0 Å². The Bertz CT molecular complexity index is 421. The molecule has 1 aromatic carbocycles. The number of rotatable bonds is 6. The van der Waals surface area contributed by atoms with Crippen molar-refractivity contribution in [3.05, 3.63) is 34.9 Å². The summed E-state index contributed by atoms with van der Waals surface area (Å²) in [7, 11) is 0. The minimum absolute atomic E-state index is 0.459. The minimum atomic E-state index is 0.459. The van der Waals surface area contributed by atoms with Crippen molar-refractivity contribution in [2.75, 3.05) is 19.6 Å². The van der Waals surface area contributed by atoms with E-state index in [4.69, 9.17) is 0 Å². The zero-order valence-corrected chi connectivity index (χ0v) is 14.3. The van der Waals surface area contributed by atoms with E-state index in [9.17, 15) is 0 Å². The lowest BCUT2D eigenvalue weighted by molar-refractivity contribution is 0.129. The molecule has 118 valence electrons. The third-order valence-corrected chi connectivity index (χ3v) is 4.73. The molecule has 2 atom stereocenters. The Morgan fingerprint density at radius 3 is 2.48 bits per heavy atom. The molecule has 21 heavy (non-hydrogen) atoms. The summed E-state index contributed by atoms with van der Waals surface area (Å²) in [6.45, 7) is 12.4. The van der Waals surface area contributed by atoms with Crippen molar-refractivity contribution in [3.8, 4) is 0 Å². The molecule has 2 heteroatoms. The Morgan fingerprint density at radius 2 is 1.86 bits per heavy atom. The van der Waals surface area contributed by atoms with Crippen LogP contribution in [0.4, 0.5) is 0 Å². The number of hydrogen-bond acceptors (Lipinski definition) is 2. The van der Waals surface area contributed by atoms with Crippen molar-refractivity contribution < 1.29 is 0 Å². The summed E-state index contributed by atoms with van der Waals surface area (Å²) in [6, 6.07) is 8.21. The second-order valence-electron chi connectivity index (χ2n) is 6.58.